The third-order valence-electron chi connectivity index (χ3n) is 3.04. The second kappa shape index (κ2) is 6.64. The molecule has 2 aromatic carbocycles. The molecule has 0 aromatic heterocycles. The molecular formula is C16H18ClNO2. The van der Waals surface area contributed by atoms with Gasteiger partial charge in [0.2, 0.25) is 0 Å². The molecule has 0 heterocycles. The largest absolute Gasteiger partial charge is 0.496 e. The summed E-state index contributed by atoms with van der Waals surface area (Å²) in [6, 6.07) is 13.1. The number of para-hydroxylation sites is 1. The lowest BCUT2D eigenvalue weighted by molar-refractivity contribution is 0.292. The predicted octanol–water partition coefficient (Wildman–Crippen LogP) is 3.95. The quantitative estimate of drug-likeness (QED) is 0.907. The Morgan fingerprint density at radius 2 is 1.90 bits per heavy atom. The van der Waals surface area contributed by atoms with E-state index in [0.717, 1.165) is 22.6 Å². The summed E-state index contributed by atoms with van der Waals surface area (Å²) in [6.07, 6.45) is 0. The molecule has 0 saturated heterocycles. The van der Waals surface area contributed by atoms with Crippen LogP contribution in [0.15, 0.2) is 42.5 Å². The van der Waals surface area contributed by atoms with Gasteiger partial charge in [0.1, 0.15) is 18.1 Å². The summed E-state index contributed by atoms with van der Waals surface area (Å²) in [5.41, 5.74) is 7.83. The van der Waals surface area contributed by atoms with E-state index in [1.54, 1.807) is 13.2 Å². The van der Waals surface area contributed by atoms with Crippen molar-refractivity contribution in [3.05, 3.63) is 58.6 Å². The summed E-state index contributed by atoms with van der Waals surface area (Å²) >= 11 is 5.99. The van der Waals surface area contributed by atoms with Gasteiger partial charge in [-0.15, -0.1) is 0 Å². The lowest BCUT2D eigenvalue weighted by Gasteiger charge is -2.15. The summed E-state index contributed by atoms with van der Waals surface area (Å²) in [5, 5.41) is 0.655. The molecule has 2 rings (SSSR count). The van der Waals surface area contributed by atoms with Crippen molar-refractivity contribution in [3.63, 3.8) is 0 Å². The number of hydrogen-bond acceptors (Lipinski definition) is 3. The van der Waals surface area contributed by atoms with E-state index in [1.165, 1.54) is 0 Å². The molecule has 1 atom stereocenters. The summed E-state index contributed by atoms with van der Waals surface area (Å²) in [6.45, 7) is 2.33. The van der Waals surface area contributed by atoms with Gasteiger partial charge < -0.3 is 15.2 Å². The molecule has 0 aliphatic heterocycles. The molecule has 2 N–H and O–H groups in total. The molecular weight excluding hydrogens is 274 g/mol. The molecule has 0 amide bonds. The lowest BCUT2D eigenvalue weighted by Crippen LogP contribution is -2.08. The Kier molecular flexibility index (Phi) is 4.88. The molecule has 0 bridgehead atoms. The first-order valence-corrected chi connectivity index (χ1v) is 6.79. The molecule has 20 heavy (non-hydrogen) atoms. The van der Waals surface area contributed by atoms with Gasteiger partial charge in [-0.1, -0.05) is 29.8 Å². The minimum atomic E-state index is -0.138. The molecule has 2 aromatic rings. The fourth-order valence-electron chi connectivity index (χ4n) is 1.98. The fourth-order valence-corrected chi connectivity index (χ4v) is 2.16. The van der Waals surface area contributed by atoms with E-state index >= 15 is 0 Å². The molecule has 0 aliphatic rings. The third kappa shape index (κ3) is 3.44. The van der Waals surface area contributed by atoms with Crippen LogP contribution in [0.1, 0.15) is 24.1 Å². The maximum atomic E-state index is 5.99. The highest BCUT2D eigenvalue weighted by Crippen LogP contribution is 2.28. The Morgan fingerprint density at radius 3 is 2.60 bits per heavy atom. The van der Waals surface area contributed by atoms with Crippen LogP contribution in [0.25, 0.3) is 0 Å². The van der Waals surface area contributed by atoms with Gasteiger partial charge in [-0.25, -0.2) is 0 Å². The van der Waals surface area contributed by atoms with Crippen LogP contribution in [0.4, 0.5) is 0 Å². The standard InChI is InChI=1S/C16H18ClNO2/c1-11(18)14-9-13(17)7-8-16(14)20-10-12-5-3-4-6-15(12)19-2/h3-9,11H,10,18H2,1-2H3/t11-/m1/s1. The molecule has 0 aliphatic carbocycles. The molecule has 0 unspecified atom stereocenters. The second-order valence-corrected chi connectivity index (χ2v) is 5.01. The zero-order chi connectivity index (χ0) is 14.5. The summed E-state index contributed by atoms with van der Waals surface area (Å²) in [7, 11) is 1.65. The Hall–Kier alpha value is -1.71. The number of hydrogen-bond donors (Lipinski definition) is 1. The number of nitrogens with two attached hydrogens (primary N) is 1. The number of ether oxygens (including phenoxy) is 2. The number of rotatable bonds is 5. The van der Waals surface area contributed by atoms with E-state index in [1.807, 2.05) is 43.3 Å². The highest BCUT2D eigenvalue weighted by Gasteiger charge is 2.10. The molecule has 106 valence electrons. The average molecular weight is 292 g/mol. The Bertz CT molecular complexity index is 584. The SMILES string of the molecule is COc1ccccc1COc1ccc(Cl)cc1[C@@H](C)N. The highest BCUT2D eigenvalue weighted by atomic mass is 35.5. The number of halogens is 1. The average Bonchev–Trinajstić information content (AvgIpc) is 2.46. The normalized spacial score (nSPS) is 12.0. The summed E-state index contributed by atoms with van der Waals surface area (Å²) in [5.74, 6) is 1.55. The third-order valence-corrected chi connectivity index (χ3v) is 3.27. The van der Waals surface area contributed by atoms with Gasteiger partial charge in [0.25, 0.3) is 0 Å². The fraction of sp³-hybridized carbons (Fsp3) is 0.250. The molecule has 4 heteroatoms. The minimum absolute atomic E-state index is 0.138. The zero-order valence-corrected chi connectivity index (χ0v) is 12.4. The monoisotopic (exact) mass is 291 g/mol. The van der Waals surface area contributed by atoms with Crippen LogP contribution in [0.2, 0.25) is 5.02 Å². The van der Waals surface area contributed by atoms with Crippen LogP contribution in [0.3, 0.4) is 0 Å². The smallest absolute Gasteiger partial charge is 0.125 e. The van der Waals surface area contributed by atoms with Crippen molar-refractivity contribution in [2.24, 2.45) is 5.73 Å². The van der Waals surface area contributed by atoms with Crippen LogP contribution >= 0.6 is 11.6 Å². The first-order valence-electron chi connectivity index (χ1n) is 6.41. The minimum Gasteiger partial charge on any atom is -0.496 e. The van der Waals surface area contributed by atoms with Gasteiger partial charge in [0.15, 0.2) is 0 Å². The van der Waals surface area contributed by atoms with Crippen molar-refractivity contribution in [3.8, 4) is 11.5 Å². The van der Waals surface area contributed by atoms with Crippen LogP contribution in [-0.2, 0) is 6.61 Å². The first-order chi connectivity index (χ1) is 9.61. The van der Waals surface area contributed by atoms with E-state index in [9.17, 15) is 0 Å². The Morgan fingerprint density at radius 1 is 1.15 bits per heavy atom. The van der Waals surface area contributed by atoms with Crippen molar-refractivity contribution in [2.45, 2.75) is 19.6 Å². The van der Waals surface area contributed by atoms with E-state index in [-0.39, 0.29) is 6.04 Å². The maximum Gasteiger partial charge on any atom is 0.125 e. The van der Waals surface area contributed by atoms with Crippen LogP contribution in [0, 0.1) is 0 Å². The van der Waals surface area contributed by atoms with Crippen LogP contribution < -0.4 is 15.2 Å². The summed E-state index contributed by atoms with van der Waals surface area (Å²) < 4.78 is 11.2. The van der Waals surface area contributed by atoms with Crippen molar-refractivity contribution in [1.29, 1.82) is 0 Å². The Labute approximate surface area is 124 Å². The molecule has 0 fully saturated rings. The van der Waals surface area contributed by atoms with Gasteiger partial charge in [0, 0.05) is 22.2 Å². The zero-order valence-electron chi connectivity index (χ0n) is 11.6. The predicted molar refractivity (Wildman–Crippen MR) is 81.4 cm³/mol. The second-order valence-electron chi connectivity index (χ2n) is 4.57. The Balaban J connectivity index is 2.19. The van der Waals surface area contributed by atoms with Crippen LogP contribution in [0.5, 0.6) is 11.5 Å². The van der Waals surface area contributed by atoms with Crippen molar-refractivity contribution < 1.29 is 9.47 Å². The summed E-state index contributed by atoms with van der Waals surface area (Å²) in [4.78, 5) is 0. The number of methoxy groups -OCH3 is 1. The topological polar surface area (TPSA) is 44.5 Å². The molecule has 3 nitrogen and oxygen atoms in total. The van der Waals surface area contributed by atoms with Gasteiger partial charge in [0.05, 0.1) is 7.11 Å². The van der Waals surface area contributed by atoms with E-state index in [4.69, 9.17) is 26.8 Å². The van der Waals surface area contributed by atoms with E-state index < -0.39 is 0 Å². The lowest BCUT2D eigenvalue weighted by atomic mass is 10.1. The van der Waals surface area contributed by atoms with Crippen LogP contribution in [-0.4, -0.2) is 7.11 Å². The highest BCUT2D eigenvalue weighted by molar-refractivity contribution is 6.30. The van der Waals surface area contributed by atoms with Gasteiger partial charge in [-0.2, -0.15) is 0 Å². The van der Waals surface area contributed by atoms with E-state index in [2.05, 4.69) is 0 Å². The van der Waals surface area contributed by atoms with E-state index in [0.29, 0.717) is 11.6 Å². The molecule has 0 spiro atoms. The van der Waals surface area contributed by atoms with Crippen molar-refractivity contribution in [1.82, 2.24) is 0 Å². The number of benzene rings is 2. The van der Waals surface area contributed by atoms with Gasteiger partial charge >= 0.3 is 0 Å². The van der Waals surface area contributed by atoms with Gasteiger partial charge in [-0.05, 0) is 31.2 Å². The first kappa shape index (κ1) is 14.7. The van der Waals surface area contributed by atoms with Crippen molar-refractivity contribution >= 4 is 11.6 Å². The van der Waals surface area contributed by atoms with Crippen molar-refractivity contribution in [2.75, 3.05) is 7.11 Å². The molecule has 0 radical (unpaired) electrons. The molecule has 0 saturated carbocycles. The van der Waals surface area contributed by atoms with Gasteiger partial charge in [-0.3, -0.25) is 0 Å². The maximum absolute atomic E-state index is 5.99.